The lowest BCUT2D eigenvalue weighted by Gasteiger charge is -2.48. The Morgan fingerprint density at radius 2 is 1.90 bits per heavy atom. The van der Waals surface area contributed by atoms with E-state index in [0.717, 1.165) is 58.7 Å². The molecule has 0 bridgehead atoms. The molecule has 1 atom stereocenters. The Bertz CT molecular complexity index is 355. The number of piperazine rings is 1. The fourth-order valence-corrected chi connectivity index (χ4v) is 3.64. The van der Waals surface area contributed by atoms with E-state index in [9.17, 15) is 4.79 Å². The summed E-state index contributed by atoms with van der Waals surface area (Å²) in [6.07, 6.45) is 2.94. The quantitative estimate of drug-likeness (QED) is 0.768. The van der Waals surface area contributed by atoms with Gasteiger partial charge in [-0.25, -0.2) is 0 Å². The third kappa shape index (κ3) is 3.58. The molecule has 0 aliphatic carbocycles. The van der Waals surface area contributed by atoms with Gasteiger partial charge < -0.3 is 9.64 Å². The van der Waals surface area contributed by atoms with Gasteiger partial charge in [0.1, 0.15) is 0 Å². The lowest BCUT2D eigenvalue weighted by Crippen LogP contribution is -2.64. The maximum atomic E-state index is 12.2. The second-order valence-electron chi connectivity index (χ2n) is 6.96. The number of carbonyl (C=O) groups excluding carboxylic acids is 1. The molecule has 0 spiro atoms. The van der Waals surface area contributed by atoms with Crippen molar-refractivity contribution in [2.45, 2.75) is 51.3 Å². The number of nitrogens with zero attached hydrogens (tertiary/aromatic N) is 3. The summed E-state index contributed by atoms with van der Waals surface area (Å²) in [7, 11) is 0. The van der Waals surface area contributed by atoms with E-state index in [0.29, 0.717) is 24.4 Å². The number of carbonyl (C=O) groups is 1. The topological polar surface area (TPSA) is 36.0 Å². The lowest BCUT2D eigenvalue weighted by atomic mass is 10.0. The molecule has 0 aromatic carbocycles. The molecule has 0 saturated carbocycles. The minimum absolute atomic E-state index is 0.186. The van der Waals surface area contributed by atoms with Crippen LogP contribution in [0.5, 0.6) is 0 Å². The van der Waals surface area contributed by atoms with Gasteiger partial charge >= 0.3 is 0 Å². The Labute approximate surface area is 128 Å². The number of ether oxygens (including phenoxy) is 1. The van der Waals surface area contributed by atoms with Crippen LogP contribution in [0.25, 0.3) is 0 Å². The summed E-state index contributed by atoms with van der Waals surface area (Å²) in [5.74, 6) is 0.291. The molecular weight excluding hydrogens is 266 g/mol. The van der Waals surface area contributed by atoms with E-state index >= 15 is 0 Å². The summed E-state index contributed by atoms with van der Waals surface area (Å²) < 4.78 is 5.56. The molecule has 1 unspecified atom stereocenters. The van der Waals surface area contributed by atoms with Crippen molar-refractivity contribution in [3.8, 4) is 0 Å². The molecule has 3 aliphatic heterocycles. The van der Waals surface area contributed by atoms with Gasteiger partial charge in [0.05, 0.1) is 12.5 Å². The summed E-state index contributed by atoms with van der Waals surface area (Å²) in [6.45, 7) is 11.8. The zero-order chi connectivity index (χ0) is 14.8. The summed E-state index contributed by atoms with van der Waals surface area (Å²) >= 11 is 0. The summed E-state index contributed by atoms with van der Waals surface area (Å²) in [4.78, 5) is 19.3. The normalized spacial score (nSPS) is 29.1. The molecule has 0 aromatic heterocycles. The molecule has 3 saturated heterocycles. The predicted octanol–water partition coefficient (Wildman–Crippen LogP) is 0.792. The van der Waals surface area contributed by atoms with Gasteiger partial charge in [-0.15, -0.1) is 0 Å². The smallest absolute Gasteiger partial charge is 0.225 e. The minimum Gasteiger partial charge on any atom is -0.378 e. The fraction of sp³-hybridized carbons (Fsp3) is 0.938. The lowest BCUT2D eigenvalue weighted by molar-refractivity contribution is -0.141. The first-order chi connectivity index (χ1) is 10.1. The van der Waals surface area contributed by atoms with E-state index in [1.54, 1.807) is 0 Å². The first-order valence-electron chi connectivity index (χ1n) is 8.51. The van der Waals surface area contributed by atoms with Gasteiger partial charge in [0.15, 0.2) is 0 Å². The monoisotopic (exact) mass is 295 g/mol. The zero-order valence-corrected chi connectivity index (χ0v) is 13.5. The molecule has 120 valence electrons. The second-order valence-corrected chi connectivity index (χ2v) is 6.96. The molecule has 0 radical (unpaired) electrons. The van der Waals surface area contributed by atoms with Crippen LogP contribution in [0.4, 0.5) is 0 Å². The third-order valence-electron chi connectivity index (χ3n) is 5.24. The van der Waals surface area contributed by atoms with Crippen molar-refractivity contribution >= 4 is 5.91 Å². The SMILES string of the molecule is CC(C)N1CCN(C2CN(C(=O)CC3CCCO3)C2)CC1. The van der Waals surface area contributed by atoms with Crippen molar-refractivity contribution < 1.29 is 9.53 Å². The van der Waals surface area contributed by atoms with Gasteiger partial charge in [0, 0.05) is 58.0 Å². The maximum Gasteiger partial charge on any atom is 0.225 e. The molecule has 3 rings (SSSR count). The average Bonchev–Trinajstić information content (AvgIpc) is 2.90. The van der Waals surface area contributed by atoms with Crippen LogP contribution in [-0.2, 0) is 9.53 Å². The van der Waals surface area contributed by atoms with Gasteiger partial charge in [-0.3, -0.25) is 14.6 Å². The number of amides is 1. The fourth-order valence-electron chi connectivity index (χ4n) is 3.64. The Morgan fingerprint density at radius 1 is 1.19 bits per heavy atom. The number of hydrogen-bond donors (Lipinski definition) is 0. The highest BCUT2D eigenvalue weighted by Crippen LogP contribution is 2.21. The molecule has 3 fully saturated rings. The standard InChI is InChI=1S/C16H29N3O2/c1-13(2)17-5-7-18(8-6-17)14-11-19(12-14)16(20)10-15-4-3-9-21-15/h13-15H,3-12H2,1-2H3. The van der Waals surface area contributed by atoms with Crippen molar-refractivity contribution in [3.05, 3.63) is 0 Å². The van der Waals surface area contributed by atoms with Crippen LogP contribution < -0.4 is 0 Å². The summed E-state index contributed by atoms with van der Waals surface area (Å²) in [5, 5.41) is 0. The highest BCUT2D eigenvalue weighted by atomic mass is 16.5. The Hall–Kier alpha value is -0.650. The van der Waals surface area contributed by atoms with Crippen molar-refractivity contribution in [1.82, 2.24) is 14.7 Å². The summed E-state index contributed by atoms with van der Waals surface area (Å²) in [5.41, 5.74) is 0. The van der Waals surface area contributed by atoms with Crippen LogP contribution in [0, 0.1) is 0 Å². The van der Waals surface area contributed by atoms with Gasteiger partial charge in [0.2, 0.25) is 5.91 Å². The van der Waals surface area contributed by atoms with Crippen LogP contribution in [0.2, 0.25) is 0 Å². The van der Waals surface area contributed by atoms with E-state index in [1.165, 1.54) is 0 Å². The highest BCUT2D eigenvalue weighted by Gasteiger charge is 2.37. The Morgan fingerprint density at radius 3 is 2.48 bits per heavy atom. The second kappa shape index (κ2) is 6.63. The average molecular weight is 295 g/mol. The Kier molecular flexibility index (Phi) is 4.82. The van der Waals surface area contributed by atoms with E-state index in [4.69, 9.17) is 4.74 Å². The highest BCUT2D eigenvalue weighted by molar-refractivity contribution is 5.77. The number of likely N-dealkylation sites (tertiary alicyclic amines) is 1. The molecule has 3 heterocycles. The van der Waals surface area contributed by atoms with Crippen LogP contribution in [-0.4, -0.2) is 84.7 Å². The largest absolute Gasteiger partial charge is 0.378 e. The zero-order valence-electron chi connectivity index (χ0n) is 13.5. The van der Waals surface area contributed by atoms with Crippen LogP contribution >= 0.6 is 0 Å². The van der Waals surface area contributed by atoms with E-state index in [-0.39, 0.29) is 6.10 Å². The molecule has 5 nitrogen and oxygen atoms in total. The van der Waals surface area contributed by atoms with Crippen LogP contribution in [0.15, 0.2) is 0 Å². The third-order valence-corrected chi connectivity index (χ3v) is 5.24. The molecule has 21 heavy (non-hydrogen) atoms. The minimum atomic E-state index is 0.186. The van der Waals surface area contributed by atoms with Crippen molar-refractivity contribution in [3.63, 3.8) is 0 Å². The van der Waals surface area contributed by atoms with Gasteiger partial charge in [-0.1, -0.05) is 0 Å². The molecule has 5 heteroatoms. The number of hydrogen-bond acceptors (Lipinski definition) is 4. The first kappa shape index (κ1) is 15.3. The Balaban J connectivity index is 1.36. The number of rotatable bonds is 4. The van der Waals surface area contributed by atoms with Gasteiger partial charge in [-0.05, 0) is 26.7 Å². The molecular formula is C16H29N3O2. The van der Waals surface area contributed by atoms with Crippen molar-refractivity contribution in [2.75, 3.05) is 45.9 Å². The van der Waals surface area contributed by atoms with Crippen molar-refractivity contribution in [2.24, 2.45) is 0 Å². The van der Waals surface area contributed by atoms with Crippen LogP contribution in [0.1, 0.15) is 33.1 Å². The van der Waals surface area contributed by atoms with E-state index < -0.39 is 0 Å². The molecule has 1 amide bonds. The van der Waals surface area contributed by atoms with Crippen molar-refractivity contribution in [1.29, 1.82) is 0 Å². The maximum absolute atomic E-state index is 12.2. The molecule has 0 N–H and O–H groups in total. The molecule has 0 aromatic rings. The van der Waals surface area contributed by atoms with E-state index in [1.807, 2.05) is 4.90 Å². The van der Waals surface area contributed by atoms with E-state index in [2.05, 4.69) is 23.6 Å². The van der Waals surface area contributed by atoms with Gasteiger partial charge in [-0.2, -0.15) is 0 Å². The molecule has 3 aliphatic rings. The predicted molar refractivity (Wildman–Crippen MR) is 82.2 cm³/mol. The first-order valence-corrected chi connectivity index (χ1v) is 8.51. The van der Waals surface area contributed by atoms with Gasteiger partial charge in [0.25, 0.3) is 0 Å². The summed E-state index contributed by atoms with van der Waals surface area (Å²) in [6, 6.07) is 1.24. The van der Waals surface area contributed by atoms with Crippen LogP contribution in [0.3, 0.4) is 0 Å².